The van der Waals surface area contributed by atoms with Gasteiger partial charge in [-0.15, -0.1) is 0 Å². The maximum Gasteiger partial charge on any atom is 0.163 e. The second-order valence-corrected chi connectivity index (χ2v) is 9.11. The smallest absolute Gasteiger partial charge is 0.163 e. The predicted octanol–water partition coefficient (Wildman–Crippen LogP) is 7.63. The summed E-state index contributed by atoms with van der Waals surface area (Å²) in [5.74, 6) is 0.152. The van der Waals surface area contributed by atoms with E-state index in [-0.39, 0.29) is 11.7 Å². The molecule has 3 nitrogen and oxygen atoms in total. The van der Waals surface area contributed by atoms with Crippen LogP contribution in [0.2, 0.25) is 15.1 Å². The Labute approximate surface area is 196 Å². The molecule has 2 N–H and O–H groups in total. The van der Waals surface area contributed by atoms with Crippen LogP contribution in [0, 0.1) is 0 Å². The second-order valence-electron chi connectivity index (χ2n) is 7.86. The largest absolute Gasteiger partial charge is 0.372 e. The van der Waals surface area contributed by atoms with Crippen LogP contribution in [-0.2, 0) is 4.79 Å². The van der Waals surface area contributed by atoms with Gasteiger partial charge in [0.05, 0.1) is 17.4 Å². The highest BCUT2D eigenvalue weighted by molar-refractivity contribution is 6.36. The third kappa shape index (κ3) is 3.82. The quantitative estimate of drug-likeness (QED) is 0.405. The van der Waals surface area contributed by atoms with Gasteiger partial charge in [0.2, 0.25) is 0 Å². The van der Waals surface area contributed by atoms with Gasteiger partial charge >= 0.3 is 0 Å². The molecular weight excluding hydrogens is 451 g/mol. The molecule has 0 saturated heterocycles. The SMILES string of the molecule is O=C1CC(c2ccc(Cl)cc2)CC2=C1C(c1c(Cl)cccc1Cl)Nc1ccccc1N2. The van der Waals surface area contributed by atoms with E-state index in [1.807, 2.05) is 54.6 Å². The molecule has 0 spiro atoms. The number of anilines is 2. The number of allylic oxidation sites excluding steroid dienone is 1. The van der Waals surface area contributed by atoms with E-state index in [0.717, 1.165) is 28.2 Å². The minimum Gasteiger partial charge on any atom is -0.372 e. The minimum absolute atomic E-state index is 0.0728. The van der Waals surface area contributed by atoms with Crippen molar-refractivity contribution in [3.8, 4) is 0 Å². The van der Waals surface area contributed by atoms with Gasteiger partial charge in [-0.25, -0.2) is 0 Å². The number of nitrogens with one attached hydrogen (secondary N) is 2. The number of carbonyl (C=O) groups is 1. The molecule has 2 unspecified atom stereocenters. The standard InChI is InChI=1S/C25H19Cl3N2O/c26-16-10-8-14(9-11-16)15-12-21-24(22(31)13-15)25(23-17(27)4-3-5-18(23)28)30-20-7-2-1-6-19(20)29-21/h1-11,15,25,29-30H,12-13H2. The normalized spacial score (nSPS) is 20.3. The molecule has 1 aliphatic heterocycles. The summed E-state index contributed by atoms with van der Waals surface area (Å²) in [7, 11) is 0. The molecule has 0 saturated carbocycles. The Bertz CT molecular complexity index is 1180. The number of fused-ring (bicyclic) bond motifs is 1. The minimum atomic E-state index is -0.439. The van der Waals surface area contributed by atoms with Crippen LogP contribution in [0.4, 0.5) is 11.4 Å². The van der Waals surface area contributed by atoms with Crippen LogP contribution in [-0.4, -0.2) is 5.78 Å². The molecule has 156 valence electrons. The molecule has 1 aliphatic carbocycles. The van der Waals surface area contributed by atoms with Crippen LogP contribution in [0.25, 0.3) is 0 Å². The molecule has 6 heteroatoms. The summed E-state index contributed by atoms with van der Waals surface area (Å²) in [5, 5.41) is 8.80. The van der Waals surface area contributed by atoms with Gasteiger partial charge in [0.15, 0.2) is 5.78 Å². The fourth-order valence-electron chi connectivity index (χ4n) is 4.47. The number of rotatable bonds is 2. The Hall–Kier alpha value is -2.46. The Morgan fingerprint density at radius 2 is 1.45 bits per heavy atom. The topological polar surface area (TPSA) is 41.1 Å². The first-order valence-corrected chi connectivity index (χ1v) is 11.2. The molecule has 3 aromatic rings. The first-order valence-electron chi connectivity index (χ1n) is 10.1. The van der Waals surface area contributed by atoms with Crippen molar-refractivity contribution in [1.29, 1.82) is 0 Å². The molecule has 0 aromatic heterocycles. The lowest BCUT2D eigenvalue weighted by molar-refractivity contribution is -0.116. The van der Waals surface area contributed by atoms with E-state index in [0.29, 0.717) is 33.5 Å². The van der Waals surface area contributed by atoms with Gasteiger partial charge in [-0.2, -0.15) is 0 Å². The summed E-state index contributed by atoms with van der Waals surface area (Å²) >= 11 is 19.2. The summed E-state index contributed by atoms with van der Waals surface area (Å²) < 4.78 is 0. The molecule has 0 amide bonds. The summed E-state index contributed by atoms with van der Waals surface area (Å²) in [5.41, 5.74) is 5.23. The zero-order valence-corrected chi connectivity index (χ0v) is 18.7. The zero-order valence-electron chi connectivity index (χ0n) is 16.5. The van der Waals surface area contributed by atoms with Crippen molar-refractivity contribution < 1.29 is 4.79 Å². The molecule has 0 radical (unpaired) electrons. The van der Waals surface area contributed by atoms with E-state index in [1.54, 1.807) is 12.1 Å². The van der Waals surface area contributed by atoms with Gasteiger partial charge in [-0.3, -0.25) is 4.79 Å². The number of benzene rings is 3. The molecule has 1 heterocycles. The molecule has 31 heavy (non-hydrogen) atoms. The van der Waals surface area contributed by atoms with Crippen molar-refractivity contribution in [3.63, 3.8) is 0 Å². The number of Topliss-reactive ketones (excluding diaryl/α,β-unsaturated/α-hetero) is 1. The number of carbonyl (C=O) groups excluding carboxylic acids is 1. The van der Waals surface area contributed by atoms with E-state index in [9.17, 15) is 4.79 Å². The summed E-state index contributed by atoms with van der Waals surface area (Å²) in [6, 6.07) is 20.6. The lowest BCUT2D eigenvalue weighted by Gasteiger charge is -2.30. The molecular formula is C25H19Cl3N2O. The summed E-state index contributed by atoms with van der Waals surface area (Å²) in [4.78, 5) is 13.5. The van der Waals surface area contributed by atoms with Gasteiger partial charge < -0.3 is 10.6 Å². The van der Waals surface area contributed by atoms with Crippen LogP contribution in [0.5, 0.6) is 0 Å². The Kier molecular flexibility index (Phi) is 5.43. The van der Waals surface area contributed by atoms with Crippen LogP contribution in [0.15, 0.2) is 78.0 Å². The molecule has 2 atom stereocenters. The molecule has 2 aliphatic rings. The summed E-state index contributed by atoms with van der Waals surface area (Å²) in [6.45, 7) is 0. The van der Waals surface area contributed by atoms with Crippen molar-refractivity contribution >= 4 is 52.0 Å². The van der Waals surface area contributed by atoms with Crippen molar-refractivity contribution in [3.05, 3.63) is 104 Å². The Morgan fingerprint density at radius 3 is 2.16 bits per heavy atom. The average molecular weight is 470 g/mol. The van der Waals surface area contributed by atoms with Crippen molar-refractivity contribution in [1.82, 2.24) is 0 Å². The first-order chi connectivity index (χ1) is 15.0. The Morgan fingerprint density at radius 1 is 0.774 bits per heavy atom. The van der Waals surface area contributed by atoms with E-state index < -0.39 is 6.04 Å². The van der Waals surface area contributed by atoms with Crippen LogP contribution in [0.1, 0.15) is 35.9 Å². The summed E-state index contributed by atoms with van der Waals surface area (Å²) in [6.07, 6.45) is 1.12. The number of hydrogen-bond acceptors (Lipinski definition) is 3. The van der Waals surface area contributed by atoms with Crippen LogP contribution in [0.3, 0.4) is 0 Å². The average Bonchev–Trinajstić information content (AvgIpc) is 2.91. The van der Waals surface area contributed by atoms with E-state index in [2.05, 4.69) is 10.6 Å². The Balaban J connectivity index is 1.64. The van der Waals surface area contributed by atoms with Gasteiger partial charge in [-0.1, -0.05) is 65.1 Å². The lowest BCUT2D eigenvalue weighted by atomic mass is 9.78. The van der Waals surface area contributed by atoms with Gasteiger partial charge in [0.25, 0.3) is 0 Å². The van der Waals surface area contributed by atoms with Crippen LogP contribution < -0.4 is 10.6 Å². The van der Waals surface area contributed by atoms with E-state index in [1.165, 1.54) is 0 Å². The molecule has 0 bridgehead atoms. The predicted molar refractivity (Wildman–Crippen MR) is 128 cm³/mol. The van der Waals surface area contributed by atoms with Gasteiger partial charge in [0.1, 0.15) is 0 Å². The van der Waals surface area contributed by atoms with E-state index in [4.69, 9.17) is 34.8 Å². The van der Waals surface area contributed by atoms with E-state index >= 15 is 0 Å². The number of halogens is 3. The van der Waals surface area contributed by atoms with Crippen LogP contribution >= 0.6 is 34.8 Å². The highest BCUT2D eigenvalue weighted by Gasteiger charge is 2.37. The monoisotopic (exact) mass is 468 g/mol. The van der Waals surface area contributed by atoms with Gasteiger partial charge in [-0.05, 0) is 54.3 Å². The van der Waals surface area contributed by atoms with Crippen molar-refractivity contribution in [2.75, 3.05) is 10.6 Å². The highest BCUT2D eigenvalue weighted by atomic mass is 35.5. The number of para-hydroxylation sites is 2. The molecule has 5 rings (SSSR count). The number of ketones is 1. The fourth-order valence-corrected chi connectivity index (χ4v) is 5.21. The zero-order chi connectivity index (χ0) is 21.5. The first kappa shape index (κ1) is 20.4. The fraction of sp³-hybridized carbons (Fsp3) is 0.160. The third-order valence-corrected chi connectivity index (χ3v) is 6.85. The third-order valence-electron chi connectivity index (χ3n) is 5.94. The maximum atomic E-state index is 13.5. The molecule has 0 fully saturated rings. The molecule has 3 aromatic carbocycles. The van der Waals surface area contributed by atoms with Crippen molar-refractivity contribution in [2.45, 2.75) is 24.8 Å². The number of hydrogen-bond donors (Lipinski definition) is 2. The second kappa shape index (κ2) is 8.23. The highest BCUT2D eigenvalue weighted by Crippen LogP contribution is 2.46. The van der Waals surface area contributed by atoms with Gasteiger partial charge in [0, 0.05) is 38.3 Å². The van der Waals surface area contributed by atoms with Crippen molar-refractivity contribution in [2.24, 2.45) is 0 Å². The lowest BCUT2D eigenvalue weighted by Crippen LogP contribution is -2.27. The maximum absolute atomic E-state index is 13.5.